The Bertz CT molecular complexity index is 1010. The number of hydrogen-bond donors (Lipinski definition) is 0. The summed E-state index contributed by atoms with van der Waals surface area (Å²) in [7, 11) is -2.78. The first-order valence-corrected chi connectivity index (χ1v) is 9.19. The van der Waals surface area contributed by atoms with Gasteiger partial charge in [0, 0.05) is 5.56 Å². The molecular weight excluding hydrogens is 352 g/mol. The first-order valence-electron chi connectivity index (χ1n) is 7.78. The van der Waals surface area contributed by atoms with Crippen LogP contribution >= 0.6 is 0 Å². The van der Waals surface area contributed by atoms with E-state index in [-0.39, 0.29) is 16.2 Å². The average Bonchev–Trinajstić information content (AvgIpc) is 2.68. The molecule has 0 heterocycles. The van der Waals surface area contributed by atoms with E-state index in [0.29, 0.717) is 5.56 Å². The minimum Gasteiger partial charge on any atom is -0.465 e. The molecule has 0 spiro atoms. The zero-order chi connectivity index (χ0) is 18.6. The molecule has 0 saturated heterocycles. The summed E-state index contributed by atoms with van der Waals surface area (Å²) in [5, 5.41) is 0. The molecule has 0 unspecified atom stereocenters. The Labute approximate surface area is 151 Å². The number of rotatable bonds is 5. The number of para-hydroxylation sites is 1. The van der Waals surface area contributed by atoms with Crippen molar-refractivity contribution in [2.24, 2.45) is 0 Å². The molecule has 132 valence electrons. The van der Waals surface area contributed by atoms with Crippen LogP contribution in [0.5, 0.6) is 5.75 Å². The molecule has 26 heavy (non-hydrogen) atoms. The molecule has 3 aromatic carbocycles. The highest BCUT2D eigenvalue weighted by atomic mass is 32.2. The van der Waals surface area contributed by atoms with Crippen LogP contribution < -0.4 is 4.18 Å². The Morgan fingerprint density at radius 3 is 2.08 bits per heavy atom. The van der Waals surface area contributed by atoms with Crippen molar-refractivity contribution in [3.05, 3.63) is 84.4 Å². The van der Waals surface area contributed by atoms with Crippen molar-refractivity contribution in [1.29, 1.82) is 0 Å². The first-order chi connectivity index (χ1) is 12.5. The molecule has 0 radical (unpaired) electrons. The fraction of sp³-hybridized carbons (Fsp3) is 0.0500. The maximum absolute atomic E-state index is 12.6. The molecule has 0 aromatic heterocycles. The second kappa shape index (κ2) is 7.41. The zero-order valence-corrected chi connectivity index (χ0v) is 14.8. The van der Waals surface area contributed by atoms with E-state index < -0.39 is 16.1 Å². The summed E-state index contributed by atoms with van der Waals surface area (Å²) in [5.74, 6) is -0.306. The molecule has 6 heteroatoms. The predicted molar refractivity (Wildman–Crippen MR) is 97.5 cm³/mol. The van der Waals surface area contributed by atoms with Gasteiger partial charge in [-0.05, 0) is 35.9 Å². The molecule has 0 aliphatic carbocycles. The maximum atomic E-state index is 12.6. The first kappa shape index (κ1) is 17.7. The fourth-order valence-corrected chi connectivity index (χ4v) is 3.38. The summed E-state index contributed by atoms with van der Waals surface area (Å²) < 4.78 is 35.2. The number of ether oxygens (including phenoxy) is 1. The van der Waals surface area contributed by atoms with Gasteiger partial charge < -0.3 is 8.92 Å². The molecule has 0 saturated carbocycles. The monoisotopic (exact) mass is 368 g/mol. The summed E-state index contributed by atoms with van der Waals surface area (Å²) in [6.45, 7) is 0. The van der Waals surface area contributed by atoms with Crippen molar-refractivity contribution in [2.45, 2.75) is 4.90 Å². The Morgan fingerprint density at radius 2 is 1.42 bits per heavy atom. The molecule has 3 rings (SSSR count). The van der Waals surface area contributed by atoms with Crippen LogP contribution in [0.3, 0.4) is 0 Å². The second-order valence-corrected chi connectivity index (χ2v) is 6.96. The highest BCUT2D eigenvalue weighted by molar-refractivity contribution is 7.87. The molecule has 0 amide bonds. The molecule has 0 bridgehead atoms. The standard InChI is InChI=1S/C20H16O5S/c1-24-20(21)16-11-13-17(14-12-16)26(22,23)25-19-10-6-5-9-18(19)15-7-3-2-4-8-15/h2-14H,1H3. The molecule has 0 aliphatic heterocycles. The second-order valence-electron chi connectivity index (χ2n) is 5.42. The van der Waals surface area contributed by atoms with Gasteiger partial charge in [0.05, 0.1) is 12.7 Å². The van der Waals surface area contributed by atoms with Gasteiger partial charge in [0.2, 0.25) is 0 Å². The third kappa shape index (κ3) is 3.75. The van der Waals surface area contributed by atoms with Crippen LogP contribution in [0.4, 0.5) is 0 Å². The van der Waals surface area contributed by atoms with Crippen molar-refractivity contribution in [2.75, 3.05) is 7.11 Å². The lowest BCUT2D eigenvalue weighted by Gasteiger charge is -2.12. The Morgan fingerprint density at radius 1 is 0.808 bits per heavy atom. The van der Waals surface area contributed by atoms with Crippen LogP contribution in [0.25, 0.3) is 11.1 Å². The van der Waals surface area contributed by atoms with Gasteiger partial charge in [0.15, 0.2) is 5.75 Å². The maximum Gasteiger partial charge on any atom is 0.339 e. The van der Waals surface area contributed by atoms with Gasteiger partial charge in [-0.1, -0.05) is 48.5 Å². The van der Waals surface area contributed by atoms with Gasteiger partial charge in [-0.2, -0.15) is 8.42 Å². The van der Waals surface area contributed by atoms with Gasteiger partial charge >= 0.3 is 16.1 Å². The number of benzene rings is 3. The number of carbonyl (C=O) groups excluding carboxylic acids is 1. The molecular formula is C20H16O5S. The van der Waals surface area contributed by atoms with Gasteiger partial charge in [-0.25, -0.2) is 4.79 Å². The van der Waals surface area contributed by atoms with Crippen LogP contribution in [0.1, 0.15) is 10.4 Å². The van der Waals surface area contributed by atoms with E-state index in [0.717, 1.165) is 5.56 Å². The van der Waals surface area contributed by atoms with Crippen molar-refractivity contribution < 1.29 is 22.1 Å². The average molecular weight is 368 g/mol. The Hall–Kier alpha value is -3.12. The lowest BCUT2D eigenvalue weighted by molar-refractivity contribution is 0.0600. The zero-order valence-electron chi connectivity index (χ0n) is 14.0. The minimum atomic E-state index is -4.05. The van der Waals surface area contributed by atoms with Crippen molar-refractivity contribution >= 4 is 16.1 Å². The van der Waals surface area contributed by atoms with Crippen molar-refractivity contribution in [3.8, 4) is 16.9 Å². The van der Waals surface area contributed by atoms with E-state index in [1.807, 2.05) is 36.4 Å². The SMILES string of the molecule is COC(=O)c1ccc(S(=O)(=O)Oc2ccccc2-c2ccccc2)cc1. The van der Waals surface area contributed by atoms with E-state index in [9.17, 15) is 13.2 Å². The third-order valence-corrected chi connectivity index (χ3v) is 4.98. The highest BCUT2D eigenvalue weighted by Gasteiger charge is 2.19. The van der Waals surface area contributed by atoms with Crippen molar-refractivity contribution in [3.63, 3.8) is 0 Å². The molecule has 0 N–H and O–H groups in total. The summed E-state index contributed by atoms with van der Waals surface area (Å²) in [5.41, 5.74) is 1.78. The predicted octanol–water partition coefficient (Wildman–Crippen LogP) is 3.91. The lowest BCUT2D eigenvalue weighted by atomic mass is 10.1. The van der Waals surface area contributed by atoms with Crippen LogP contribution in [0.2, 0.25) is 0 Å². The molecule has 3 aromatic rings. The number of carbonyl (C=O) groups is 1. The van der Waals surface area contributed by atoms with Crippen LogP contribution in [-0.2, 0) is 14.9 Å². The topological polar surface area (TPSA) is 69.7 Å². The summed E-state index contributed by atoms with van der Waals surface area (Å²) in [4.78, 5) is 11.4. The normalized spacial score (nSPS) is 11.0. The Balaban J connectivity index is 1.92. The van der Waals surface area contributed by atoms with Crippen molar-refractivity contribution in [1.82, 2.24) is 0 Å². The van der Waals surface area contributed by atoms with Gasteiger partial charge in [0.1, 0.15) is 4.90 Å². The summed E-state index contributed by atoms with van der Waals surface area (Å²) in [6, 6.07) is 21.7. The van der Waals surface area contributed by atoms with E-state index in [4.69, 9.17) is 4.18 Å². The minimum absolute atomic E-state index is 0.0481. The van der Waals surface area contributed by atoms with Crippen LogP contribution in [-0.4, -0.2) is 21.5 Å². The van der Waals surface area contributed by atoms with Gasteiger partial charge in [-0.3, -0.25) is 0 Å². The summed E-state index contributed by atoms with van der Waals surface area (Å²) in [6.07, 6.45) is 0. The fourth-order valence-electron chi connectivity index (χ4n) is 2.44. The highest BCUT2D eigenvalue weighted by Crippen LogP contribution is 2.31. The number of esters is 1. The third-order valence-electron chi connectivity index (χ3n) is 3.74. The molecule has 0 aliphatic rings. The molecule has 5 nitrogen and oxygen atoms in total. The number of hydrogen-bond acceptors (Lipinski definition) is 5. The molecule has 0 fully saturated rings. The van der Waals surface area contributed by atoms with E-state index in [2.05, 4.69) is 4.74 Å². The molecule has 0 atom stereocenters. The van der Waals surface area contributed by atoms with E-state index in [1.54, 1.807) is 18.2 Å². The Kier molecular flexibility index (Phi) is 5.04. The van der Waals surface area contributed by atoms with Crippen LogP contribution in [0, 0.1) is 0 Å². The largest absolute Gasteiger partial charge is 0.465 e. The smallest absolute Gasteiger partial charge is 0.339 e. The van der Waals surface area contributed by atoms with Crippen LogP contribution in [0.15, 0.2) is 83.8 Å². The summed E-state index contributed by atoms with van der Waals surface area (Å²) >= 11 is 0. The quantitative estimate of drug-likeness (QED) is 0.504. The lowest BCUT2D eigenvalue weighted by Crippen LogP contribution is -2.11. The van der Waals surface area contributed by atoms with E-state index >= 15 is 0 Å². The number of methoxy groups -OCH3 is 1. The van der Waals surface area contributed by atoms with E-state index in [1.165, 1.54) is 31.4 Å². The van der Waals surface area contributed by atoms with Gasteiger partial charge in [0.25, 0.3) is 0 Å². The van der Waals surface area contributed by atoms with Gasteiger partial charge in [-0.15, -0.1) is 0 Å².